The summed E-state index contributed by atoms with van der Waals surface area (Å²) >= 11 is 0. The summed E-state index contributed by atoms with van der Waals surface area (Å²) < 4.78 is 15.9. The fraction of sp³-hybridized carbons (Fsp3) is 0.433. The van der Waals surface area contributed by atoms with E-state index in [9.17, 15) is 24.0 Å². The van der Waals surface area contributed by atoms with Crippen LogP contribution in [0.4, 0.5) is 9.59 Å². The number of amides is 3. The molecule has 3 atom stereocenters. The minimum absolute atomic E-state index is 0.0110. The van der Waals surface area contributed by atoms with Gasteiger partial charge in [-0.05, 0) is 30.4 Å². The number of alkyl carbamates (subject to hydrolysis) is 2. The molecule has 0 aliphatic carbocycles. The van der Waals surface area contributed by atoms with Gasteiger partial charge in [-0.1, -0.05) is 74.0 Å². The molecule has 41 heavy (non-hydrogen) atoms. The van der Waals surface area contributed by atoms with Crippen molar-refractivity contribution in [1.82, 2.24) is 15.5 Å². The molecule has 1 saturated heterocycles. The average Bonchev–Trinajstić information content (AvgIpc) is 3.41. The van der Waals surface area contributed by atoms with Crippen LogP contribution in [0.25, 0.3) is 0 Å². The van der Waals surface area contributed by atoms with E-state index in [0.717, 1.165) is 17.5 Å². The van der Waals surface area contributed by atoms with E-state index < -0.39 is 42.2 Å². The first kappa shape index (κ1) is 31.1. The standard InChI is InChI=1S/C30H37N3O8/c1-2-3-18-39-28(36)26-15-14-24(16-17-34)33(26)27(35)25(32-30(38)41-21-23-12-8-5-9-13-23)19-31-29(37)40-20-22-10-6-4-7-11-22/h4-13,17,24-26H,2-3,14-16,18-21H2,1H3,(H,31,37)(H,32,38)/t24-,25+,26+/m1/s1. The molecule has 3 rings (SSSR count). The third kappa shape index (κ3) is 9.93. The molecule has 11 heteroatoms. The second kappa shape index (κ2) is 16.6. The molecule has 1 fully saturated rings. The molecule has 2 N–H and O–H groups in total. The van der Waals surface area contributed by atoms with E-state index in [2.05, 4.69) is 10.6 Å². The molecule has 1 heterocycles. The minimum atomic E-state index is -1.30. The zero-order chi connectivity index (χ0) is 29.5. The Morgan fingerprint density at radius 2 is 1.51 bits per heavy atom. The van der Waals surface area contributed by atoms with Crippen molar-refractivity contribution >= 4 is 30.3 Å². The number of likely N-dealkylation sites (tertiary alicyclic amines) is 1. The maximum Gasteiger partial charge on any atom is 0.408 e. The number of benzene rings is 2. The Bertz CT molecular complexity index is 1140. The summed E-state index contributed by atoms with van der Waals surface area (Å²) in [6.07, 6.45) is 1.25. The third-order valence-corrected chi connectivity index (χ3v) is 6.61. The normalized spacial score (nSPS) is 16.8. The van der Waals surface area contributed by atoms with E-state index in [1.54, 1.807) is 36.4 Å². The Morgan fingerprint density at radius 3 is 2.10 bits per heavy atom. The van der Waals surface area contributed by atoms with E-state index in [1.165, 1.54) is 4.90 Å². The molecule has 0 radical (unpaired) electrons. The molecule has 2 aromatic carbocycles. The summed E-state index contributed by atoms with van der Waals surface area (Å²) in [7, 11) is 0. The molecule has 1 aliphatic heterocycles. The van der Waals surface area contributed by atoms with Gasteiger partial charge in [0.05, 0.1) is 13.2 Å². The van der Waals surface area contributed by atoms with Gasteiger partial charge >= 0.3 is 18.2 Å². The minimum Gasteiger partial charge on any atom is -0.464 e. The fourth-order valence-electron chi connectivity index (χ4n) is 4.45. The first-order valence-corrected chi connectivity index (χ1v) is 13.8. The largest absolute Gasteiger partial charge is 0.464 e. The van der Waals surface area contributed by atoms with Gasteiger partial charge in [-0.3, -0.25) is 4.79 Å². The molecular formula is C30H37N3O8. The number of hydrogen-bond donors (Lipinski definition) is 2. The molecule has 0 bridgehead atoms. The fourth-order valence-corrected chi connectivity index (χ4v) is 4.45. The summed E-state index contributed by atoms with van der Waals surface area (Å²) in [4.78, 5) is 64.5. The SMILES string of the molecule is CCCCOC(=O)[C@@H]1CC[C@H](CC=O)N1C(=O)[C@H](CNC(=O)OCc1ccccc1)NC(=O)OCc1ccccc1. The van der Waals surface area contributed by atoms with Crippen molar-refractivity contribution in [2.75, 3.05) is 13.2 Å². The first-order valence-electron chi connectivity index (χ1n) is 13.8. The van der Waals surface area contributed by atoms with Gasteiger partial charge in [-0.15, -0.1) is 0 Å². The van der Waals surface area contributed by atoms with Gasteiger partial charge in [0.15, 0.2) is 0 Å². The molecule has 1 aliphatic rings. The van der Waals surface area contributed by atoms with E-state index in [0.29, 0.717) is 25.5 Å². The lowest BCUT2D eigenvalue weighted by Gasteiger charge is -2.32. The number of nitrogens with zero attached hydrogens (tertiary/aromatic N) is 1. The van der Waals surface area contributed by atoms with Gasteiger partial charge in [0, 0.05) is 12.5 Å². The van der Waals surface area contributed by atoms with E-state index in [-0.39, 0.29) is 32.8 Å². The lowest BCUT2D eigenvalue weighted by Crippen LogP contribution is -2.57. The highest BCUT2D eigenvalue weighted by molar-refractivity contribution is 5.91. The lowest BCUT2D eigenvalue weighted by molar-refractivity contribution is -0.155. The van der Waals surface area contributed by atoms with Crippen molar-refractivity contribution in [3.8, 4) is 0 Å². The zero-order valence-corrected chi connectivity index (χ0v) is 23.2. The molecule has 0 spiro atoms. The molecule has 11 nitrogen and oxygen atoms in total. The van der Waals surface area contributed by atoms with Crippen LogP contribution in [0, 0.1) is 0 Å². The average molecular weight is 568 g/mol. The van der Waals surface area contributed by atoms with Gasteiger partial charge in [0.2, 0.25) is 5.91 Å². The molecule has 220 valence electrons. The van der Waals surface area contributed by atoms with Crippen molar-refractivity contribution in [3.05, 3.63) is 71.8 Å². The van der Waals surface area contributed by atoms with Crippen LogP contribution in [-0.2, 0) is 41.8 Å². The van der Waals surface area contributed by atoms with Crippen molar-refractivity contribution < 1.29 is 38.2 Å². The maximum atomic E-state index is 13.8. The number of rotatable bonds is 14. The van der Waals surface area contributed by atoms with Crippen LogP contribution in [0.1, 0.15) is 50.2 Å². The number of nitrogens with one attached hydrogen (secondary N) is 2. The third-order valence-electron chi connectivity index (χ3n) is 6.61. The number of ether oxygens (including phenoxy) is 3. The summed E-state index contributed by atoms with van der Waals surface area (Å²) in [5, 5.41) is 5.01. The van der Waals surface area contributed by atoms with Gasteiger partial charge in [0.1, 0.15) is 31.6 Å². The van der Waals surface area contributed by atoms with Crippen LogP contribution >= 0.6 is 0 Å². The molecule has 0 unspecified atom stereocenters. The van der Waals surface area contributed by atoms with Crippen LogP contribution < -0.4 is 10.6 Å². The number of hydrogen-bond acceptors (Lipinski definition) is 8. The van der Waals surface area contributed by atoms with Gasteiger partial charge in [-0.25, -0.2) is 14.4 Å². The Kier molecular flexibility index (Phi) is 12.6. The van der Waals surface area contributed by atoms with E-state index in [4.69, 9.17) is 14.2 Å². The van der Waals surface area contributed by atoms with Crippen LogP contribution in [0.15, 0.2) is 60.7 Å². The van der Waals surface area contributed by atoms with Crippen LogP contribution in [0.2, 0.25) is 0 Å². The van der Waals surface area contributed by atoms with Gasteiger partial charge < -0.3 is 34.5 Å². The van der Waals surface area contributed by atoms with Gasteiger partial charge in [-0.2, -0.15) is 0 Å². The zero-order valence-electron chi connectivity index (χ0n) is 23.2. The smallest absolute Gasteiger partial charge is 0.408 e. The van der Waals surface area contributed by atoms with Crippen LogP contribution in [0.5, 0.6) is 0 Å². The van der Waals surface area contributed by atoms with Crippen molar-refractivity contribution in [2.45, 2.75) is 70.4 Å². The maximum absolute atomic E-state index is 13.8. The van der Waals surface area contributed by atoms with E-state index >= 15 is 0 Å². The second-order valence-electron chi connectivity index (χ2n) is 9.62. The number of esters is 1. The van der Waals surface area contributed by atoms with Crippen molar-refractivity contribution in [2.24, 2.45) is 0 Å². The number of carbonyl (C=O) groups is 5. The molecule has 3 amide bonds. The predicted molar refractivity (Wildman–Crippen MR) is 148 cm³/mol. The molecule has 0 aromatic heterocycles. The number of carbonyl (C=O) groups excluding carboxylic acids is 5. The monoisotopic (exact) mass is 567 g/mol. The quantitative estimate of drug-likeness (QED) is 0.153. The van der Waals surface area contributed by atoms with Crippen molar-refractivity contribution in [3.63, 3.8) is 0 Å². The number of aldehydes is 1. The Balaban J connectivity index is 1.71. The highest BCUT2D eigenvalue weighted by atomic mass is 16.6. The Labute approximate surface area is 239 Å². The highest BCUT2D eigenvalue weighted by Crippen LogP contribution is 2.28. The Hall–Kier alpha value is -4.41. The van der Waals surface area contributed by atoms with Crippen molar-refractivity contribution in [1.29, 1.82) is 0 Å². The van der Waals surface area contributed by atoms with E-state index in [1.807, 2.05) is 31.2 Å². The molecule has 0 saturated carbocycles. The van der Waals surface area contributed by atoms with Gasteiger partial charge in [0.25, 0.3) is 0 Å². The van der Waals surface area contributed by atoms with Crippen LogP contribution in [0.3, 0.4) is 0 Å². The summed E-state index contributed by atoms with van der Waals surface area (Å²) in [5.74, 6) is -1.22. The highest BCUT2D eigenvalue weighted by Gasteiger charge is 2.44. The molecule has 2 aromatic rings. The Morgan fingerprint density at radius 1 is 0.902 bits per heavy atom. The summed E-state index contributed by atoms with van der Waals surface area (Å²) in [6, 6.07) is 15.3. The molecular weight excluding hydrogens is 530 g/mol. The first-order chi connectivity index (χ1) is 19.9. The summed E-state index contributed by atoms with van der Waals surface area (Å²) in [5.41, 5.74) is 1.52. The topological polar surface area (TPSA) is 140 Å². The second-order valence-corrected chi connectivity index (χ2v) is 9.62. The predicted octanol–water partition coefficient (Wildman–Crippen LogP) is 3.50. The van der Waals surface area contributed by atoms with Crippen LogP contribution in [-0.4, -0.2) is 66.5 Å². The lowest BCUT2D eigenvalue weighted by atomic mass is 10.1. The summed E-state index contributed by atoms with van der Waals surface area (Å²) in [6.45, 7) is 1.81. The number of unbranched alkanes of at least 4 members (excludes halogenated alkanes) is 1.